The predicted octanol–water partition coefficient (Wildman–Crippen LogP) is 3.11. The molecule has 5 nitrogen and oxygen atoms in total. The highest BCUT2D eigenvalue weighted by Gasteiger charge is 2.27. The number of fused-ring (bicyclic) bond motifs is 1. The molecule has 0 saturated carbocycles. The van der Waals surface area contributed by atoms with Crippen LogP contribution in [0.3, 0.4) is 0 Å². The van der Waals surface area contributed by atoms with Crippen LogP contribution in [0.25, 0.3) is 12.2 Å². The summed E-state index contributed by atoms with van der Waals surface area (Å²) in [4.78, 5) is 22.7. The summed E-state index contributed by atoms with van der Waals surface area (Å²) in [5.74, 6) is -0.703. The van der Waals surface area contributed by atoms with Gasteiger partial charge >= 0.3 is 5.97 Å². The molecule has 0 aromatic heterocycles. The van der Waals surface area contributed by atoms with E-state index < -0.39 is 5.97 Å². The van der Waals surface area contributed by atoms with Crippen molar-refractivity contribution in [2.75, 3.05) is 0 Å². The third-order valence-electron chi connectivity index (χ3n) is 3.31. The summed E-state index contributed by atoms with van der Waals surface area (Å²) in [5.41, 5.74) is 1.90. The van der Waals surface area contributed by atoms with E-state index in [4.69, 9.17) is 9.84 Å². The Morgan fingerprint density at radius 2 is 1.74 bits per heavy atom. The number of carbonyl (C=O) groups excluding carboxylic acids is 1. The minimum Gasteiger partial charge on any atom is -0.508 e. The maximum Gasteiger partial charge on any atom is 0.328 e. The van der Waals surface area contributed by atoms with E-state index in [1.165, 1.54) is 24.3 Å². The van der Waals surface area contributed by atoms with Crippen molar-refractivity contribution in [1.29, 1.82) is 0 Å². The number of benzene rings is 2. The molecule has 0 atom stereocenters. The van der Waals surface area contributed by atoms with E-state index in [1.54, 1.807) is 30.3 Å². The third-order valence-corrected chi connectivity index (χ3v) is 3.31. The summed E-state index contributed by atoms with van der Waals surface area (Å²) < 4.78 is 5.47. The number of hydrogen-bond donors (Lipinski definition) is 2. The Kier molecular flexibility index (Phi) is 3.68. The molecule has 0 spiro atoms. The number of carboxylic acid groups (broad SMARTS) is 1. The third kappa shape index (κ3) is 3.13. The molecule has 0 fully saturated rings. The molecular formula is C18H12O5. The van der Waals surface area contributed by atoms with Crippen LogP contribution >= 0.6 is 0 Å². The van der Waals surface area contributed by atoms with Crippen molar-refractivity contribution in [2.24, 2.45) is 0 Å². The summed E-state index contributed by atoms with van der Waals surface area (Å²) >= 11 is 0. The van der Waals surface area contributed by atoms with E-state index in [1.807, 2.05) is 0 Å². The van der Waals surface area contributed by atoms with Gasteiger partial charge in [-0.2, -0.15) is 0 Å². The summed E-state index contributed by atoms with van der Waals surface area (Å²) in [6.07, 6.45) is 4.14. The monoisotopic (exact) mass is 308 g/mol. The first-order valence-electron chi connectivity index (χ1n) is 6.81. The van der Waals surface area contributed by atoms with Gasteiger partial charge in [0.25, 0.3) is 0 Å². The molecule has 3 rings (SSSR count). The summed E-state index contributed by atoms with van der Waals surface area (Å²) in [7, 11) is 0. The van der Waals surface area contributed by atoms with Gasteiger partial charge < -0.3 is 14.9 Å². The Morgan fingerprint density at radius 3 is 2.43 bits per heavy atom. The van der Waals surface area contributed by atoms with Gasteiger partial charge in [0.1, 0.15) is 11.5 Å². The molecule has 1 aliphatic rings. The van der Waals surface area contributed by atoms with Crippen molar-refractivity contribution in [2.45, 2.75) is 0 Å². The van der Waals surface area contributed by atoms with E-state index in [2.05, 4.69) is 0 Å². The Labute approximate surface area is 131 Å². The zero-order valence-corrected chi connectivity index (χ0v) is 11.9. The topological polar surface area (TPSA) is 83.8 Å². The highest BCUT2D eigenvalue weighted by atomic mass is 16.5. The fourth-order valence-corrected chi connectivity index (χ4v) is 2.20. The number of carbonyl (C=O) groups is 2. The fourth-order valence-electron chi connectivity index (χ4n) is 2.20. The number of aromatic hydroxyl groups is 1. The molecule has 114 valence electrons. The number of Topliss-reactive ketones (excluding diaryl/α,β-unsaturated/α-hetero) is 1. The Bertz CT molecular complexity index is 844. The molecular weight excluding hydrogens is 296 g/mol. The number of phenolic OH excluding ortho intramolecular Hbond substituents is 1. The number of phenols is 1. The second kappa shape index (κ2) is 5.81. The van der Waals surface area contributed by atoms with Crippen molar-refractivity contribution >= 4 is 23.9 Å². The number of aliphatic carboxylic acids is 1. The second-order valence-corrected chi connectivity index (χ2v) is 4.96. The summed E-state index contributed by atoms with van der Waals surface area (Å²) in [5, 5.41) is 18.0. The van der Waals surface area contributed by atoms with Gasteiger partial charge in [0, 0.05) is 12.1 Å². The minimum absolute atomic E-state index is 0.0346. The number of hydrogen-bond acceptors (Lipinski definition) is 4. The number of allylic oxidation sites excluding steroid dienone is 1. The lowest BCUT2D eigenvalue weighted by molar-refractivity contribution is -0.131. The first-order valence-corrected chi connectivity index (χ1v) is 6.81. The van der Waals surface area contributed by atoms with Gasteiger partial charge in [0.15, 0.2) is 5.76 Å². The van der Waals surface area contributed by atoms with E-state index >= 15 is 0 Å². The molecule has 0 bridgehead atoms. The molecule has 1 heterocycles. The minimum atomic E-state index is -1.01. The van der Waals surface area contributed by atoms with Crippen LogP contribution in [0.5, 0.6) is 11.5 Å². The molecule has 0 aliphatic carbocycles. The second-order valence-electron chi connectivity index (χ2n) is 4.96. The van der Waals surface area contributed by atoms with E-state index in [0.29, 0.717) is 11.3 Å². The van der Waals surface area contributed by atoms with Gasteiger partial charge in [-0.3, -0.25) is 4.79 Å². The van der Waals surface area contributed by atoms with E-state index in [9.17, 15) is 14.7 Å². The zero-order valence-electron chi connectivity index (χ0n) is 11.9. The van der Waals surface area contributed by atoms with E-state index in [0.717, 1.165) is 17.2 Å². The number of carboxylic acids is 1. The lowest BCUT2D eigenvalue weighted by atomic mass is 10.1. The maximum atomic E-state index is 12.2. The molecule has 0 radical (unpaired) electrons. The van der Waals surface area contributed by atoms with Crippen molar-refractivity contribution in [3.8, 4) is 11.5 Å². The van der Waals surface area contributed by atoms with Crippen LogP contribution in [0.4, 0.5) is 0 Å². The predicted molar refractivity (Wildman–Crippen MR) is 84.2 cm³/mol. The van der Waals surface area contributed by atoms with Crippen LogP contribution in [0.2, 0.25) is 0 Å². The summed E-state index contributed by atoms with van der Waals surface area (Å²) in [6, 6.07) is 11.3. The first-order chi connectivity index (χ1) is 11.0. The van der Waals surface area contributed by atoms with Crippen LogP contribution in [-0.4, -0.2) is 22.0 Å². The fraction of sp³-hybridized carbons (Fsp3) is 0. The smallest absolute Gasteiger partial charge is 0.328 e. The molecule has 2 N–H and O–H groups in total. The van der Waals surface area contributed by atoms with Crippen LogP contribution in [0, 0.1) is 0 Å². The van der Waals surface area contributed by atoms with Crippen molar-refractivity contribution in [3.63, 3.8) is 0 Å². The van der Waals surface area contributed by atoms with Gasteiger partial charge in [-0.05, 0) is 35.4 Å². The Morgan fingerprint density at radius 1 is 1.04 bits per heavy atom. The van der Waals surface area contributed by atoms with Crippen molar-refractivity contribution < 1.29 is 24.5 Å². The molecule has 0 saturated heterocycles. The van der Waals surface area contributed by atoms with Gasteiger partial charge in [-0.25, -0.2) is 4.79 Å². The average Bonchev–Trinajstić information content (AvgIpc) is 2.82. The normalized spacial score (nSPS) is 15.0. The molecule has 0 amide bonds. The van der Waals surface area contributed by atoms with Crippen molar-refractivity contribution in [1.82, 2.24) is 0 Å². The van der Waals surface area contributed by atoms with Gasteiger partial charge in [-0.1, -0.05) is 24.3 Å². The van der Waals surface area contributed by atoms with Gasteiger partial charge in [-0.15, -0.1) is 0 Å². The standard InChI is InChI=1S/C18H12O5/c19-13-6-7-14-15(10-13)23-16(18(14)22)9-12-3-1-11(2-4-12)5-8-17(20)21/h1-10,19H,(H,20,21). The number of ketones is 1. The first kappa shape index (κ1) is 14.6. The van der Waals surface area contributed by atoms with Crippen LogP contribution < -0.4 is 4.74 Å². The quantitative estimate of drug-likeness (QED) is 0.851. The summed E-state index contributed by atoms with van der Waals surface area (Å²) in [6.45, 7) is 0. The van der Waals surface area contributed by atoms with Gasteiger partial charge in [0.05, 0.1) is 5.56 Å². The van der Waals surface area contributed by atoms with Crippen LogP contribution in [-0.2, 0) is 4.79 Å². The molecule has 0 unspecified atom stereocenters. The van der Waals surface area contributed by atoms with Crippen LogP contribution in [0.1, 0.15) is 21.5 Å². The number of rotatable bonds is 3. The molecule has 5 heteroatoms. The maximum absolute atomic E-state index is 12.2. The highest BCUT2D eigenvalue weighted by molar-refractivity contribution is 6.14. The Balaban J connectivity index is 1.83. The van der Waals surface area contributed by atoms with Gasteiger partial charge in [0.2, 0.25) is 5.78 Å². The molecule has 2 aromatic carbocycles. The lowest BCUT2D eigenvalue weighted by Gasteiger charge is -1.99. The average molecular weight is 308 g/mol. The molecule has 2 aromatic rings. The highest BCUT2D eigenvalue weighted by Crippen LogP contribution is 2.34. The molecule has 1 aliphatic heterocycles. The van der Waals surface area contributed by atoms with E-state index in [-0.39, 0.29) is 17.3 Å². The largest absolute Gasteiger partial charge is 0.508 e. The SMILES string of the molecule is O=C(O)C=Cc1ccc(C=C2Oc3cc(O)ccc3C2=O)cc1. The van der Waals surface area contributed by atoms with Crippen LogP contribution in [0.15, 0.2) is 54.3 Å². The molecule has 23 heavy (non-hydrogen) atoms. The number of ether oxygens (including phenoxy) is 1. The van der Waals surface area contributed by atoms with Crippen molar-refractivity contribution in [3.05, 3.63) is 71.0 Å². The zero-order chi connectivity index (χ0) is 16.4. The Hall–Kier alpha value is -3.34. The lowest BCUT2D eigenvalue weighted by Crippen LogP contribution is -1.97.